The SMILES string of the molecule is COCCC(CC1(C(=O)O)CCCC1)C(=O)OCc1ccccc1. The molecule has 0 saturated heterocycles. The lowest BCUT2D eigenvalue weighted by Crippen LogP contribution is -2.34. The summed E-state index contributed by atoms with van der Waals surface area (Å²) in [6, 6.07) is 9.48. The monoisotopic (exact) mass is 334 g/mol. The zero-order valence-electron chi connectivity index (χ0n) is 14.2. The number of aliphatic carboxylic acids is 1. The lowest BCUT2D eigenvalue weighted by molar-refractivity contribution is -0.156. The molecule has 1 N–H and O–H groups in total. The maximum Gasteiger partial charge on any atom is 0.309 e. The predicted octanol–water partition coefficient (Wildman–Crippen LogP) is 3.42. The third-order valence-electron chi connectivity index (χ3n) is 4.88. The molecule has 0 heterocycles. The van der Waals surface area contributed by atoms with E-state index in [1.807, 2.05) is 30.3 Å². The fraction of sp³-hybridized carbons (Fsp3) is 0.579. The maximum absolute atomic E-state index is 12.5. The van der Waals surface area contributed by atoms with Gasteiger partial charge in [0.25, 0.3) is 0 Å². The lowest BCUT2D eigenvalue weighted by atomic mass is 9.77. The van der Waals surface area contributed by atoms with Crippen LogP contribution in [0.5, 0.6) is 0 Å². The molecule has 5 nitrogen and oxygen atoms in total. The Morgan fingerprint density at radius 2 is 1.88 bits per heavy atom. The molecule has 1 aliphatic rings. The largest absolute Gasteiger partial charge is 0.481 e. The van der Waals surface area contributed by atoms with Gasteiger partial charge in [0, 0.05) is 13.7 Å². The number of rotatable bonds is 9. The first kappa shape index (κ1) is 18.5. The molecule has 1 aromatic rings. The Morgan fingerprint density at radius 1 is 1.21 bits per heavy atom. The first-order valence-electron chi connectivity index (χ1n) is 8.50. The topological polar surface area (TPSA) is 72.8 Å². The molecule has 24 heavy (non-hydrogen) atoms. The third-order valence-corrected chi connectivity index (χ3v) is 4.88. The minimum Gasteiger partial charge on any atom is -0.481 e. The number of benzene rings is 1. The van der Waals surface area contributed by atoms with Crippen molar-refractivity contribution in [3.63, 3.8) is 0 Å². The number of carboxylic acid groups (broad SMARTS) is 1. The zero-order chi connectivity index (χ0) is 17.4. The standard InChI is InChI=1S/C19H26O5/c1-23-12-9-16(13-19(18(21)22)10-5-6-11-19)17(20)24-14-15-7-3-2-4-8-15/h2-4,7-8,16H,5-6,9-14H2,1H3,(H,21,22). The van der Waals surface area contributed by atoms with Crippen LogP contribution in [0.3, 0.4) is 0 Å². The molecular formula is C19H26O5. The first-order valence-corrected chi connectivity index (χ1v) is 8.50. The lowest BCUT2D eigenvalue weighted by Gasteiger charge is -2.28. The molecule has 0 bridgehead atoms. The average Bonchev–Trinajstić information content (AvgIpc) is 3.07. The van der Waals surface area contributed by atoms with Crippen molar-refractivity contribution in [2.24, 2.45) is 11.3 Å². The van der Waals surface area contributed by atoms with Crippen molar-refractivity contribution in [1.29, 1.82) is 0 Å². The normalized spacial score (nSPS) is 17.4. The van der Waals surface area contributed by atoms with Gasteiger partial charge in [0.15, 0.2) is 0 Å². The summed E-state index contributed by atoms with van der Waals surface area (Å²) >= 11 is 0. The van der Waals surface area contributed by atoms with E-state index in [0.29, 0.717) is 32.3 Å². The molecule has 1 saturated carbocycles. The molecule has 1 aliphatic carbocycles. The van der Waals surface area contributed by atoms with Gasteiger partial charge < -0.3 is 14.6 Å². The highest BCUT2D eigenvalue weighted by molar-refractivity contribution is 5.78. The van der Waals surface area contributed by atoms with Crippen molar-refractivity contribution in [3.05, 3.63) is 35.9 Å². The quantitative estimate of drug-likeness (QED) is 0.701. The molecule has 1 fully saturated rings. The Kier molecular flexibility index (Phi) is 6.79. The molecule has 132 valence electrons. The van der Waals surface area contributed by atoms with E-state index < -0.39 is 17.3 Å². The van der Waals surface area contributed by atoms with Crippen molar-refractivity contribution in [2.75, 3.05) is 13.7 Å². The van der Waals surface area contributed by atoms with E-state index in [-0.39, 0.29) is 12.6 Å². The van der Waals surface area contributed by atoms with Gasteiger partial charge in [0.05, 0.1) is 11.3 Å². The maximum atomic E-state index is 12.5. The number of hydrogen-bond donors (Lipinski definition) is 1. The van der Waals surface area contributed by atoms with Crippen LogP contribution in [-0.4, -0.2) is 30.8 Å². The summed E-state index contributed by atoms with van der Waals surface area (Å²) in [5.41, 5.74) is 0.134. The molecule has 0 radical (unpaired) electrons. The Balaban J connectivity index is 2.00. The molecular weight excluding hydrogens is 308 g/mol. The van der Waals surface area contributed by atoms with E-state index in [4.69, 9.17) is 9.47 Å². The average molecular weight is 334 g/mol. The third kappa shape index (κ3) is 4.81. The van der Waals surface area contributed by atoms with Crippen molar-refractivity contribution in [2.45, 2.75) is 45.1 Å². The summed E-state index contributed by atoms with van der Waals surface area (Å²) in [5.74, 6) is -1.57. The Morgan fingerprint density at radius 3 is 2.46 bits per heavy atom. The van der Waals surface area contributed by atoms with Crippen molar-refractivity contribution < 1.29 is 24.2 Å². The van der Waals surface area contributed by atoms with Gasteiger partial charge in [-0.05, 0) is 31.2 Å². The number of carbonyl (C=O) groups is 2. The van der Waals surface area contributed by atoms with Crippen LogP contribution in [0.2, 0.25) is 0 Å². The highest BCUT2D eigenvalue weighted by atomic mass is 16.5. The second-order valence-corrected chi connectivity index (χ2v) is 6.57. The van der Waals surface area contributed by atoms with Gasteiger partial charge in [0.1, 0.15) is 6.61 Å². The summed E-state index contributed by atoms with van der Waals surface area (Å²) in [6.07, 6.45) is 3.90. The minimum atomic E-state index is -0.793. The van der Waals surface area contributed by atoms with Crippen molar-refractivity contribution in [3.8, 4) is 0 Å². The Labute approximate surface area is 143 Å². The molecule has 2 rings (SSSR count). The number of esters is 1. The van der Waals surface area contributed by atoms with Crippen LogP contribution in [-0.2, 0) is 25.7 Å². The molecule has 1 unspecified atom stereocenters. The van der Waals surface area contributed by atoms with Gasteiger partial charge in [-0.15, -0.1) is 0 Å². The number of methoxy groups -OCH3 is 1. The minimum absolute atomic E-state index is 0.212. The summed E-state index contributed by atoms with van der Waals surface area (Å²) in [7, 11) is 1.58. The van der Waals surface area contributed by atoms with Gasteiger partial charge in [-0.25, -0.2) is 0 Å². The van der Waals surface area contributed by atoms with E-state index in [9.17, 15) is 14.7 Å². The van der Waals surface area contributed by atoms with E-state index in [1.165, 1.54) is 0 Å². The number of carboxylic acids is 1. The van der Waals surface area contributed by atoms with Crippen LogP contribution in [0.25, 0.3) is 0 Å². The summed E-state index contributed by atoms with van der Waals surface area (Å²) in [6.45, 7) is 0.629. The van der Waals surface area contributed by atoms with Gasteiger partial charge in [-0.1, -0.05) is 43.2 Å². The zero-order valence-corrected chi connectivity index (χ0v) is 14.2. The highest BCUT2D eigenvalue weighted by Gasteiger charge is 2.44. The van der Waals surface area contributed by atoms with E-state index in [0.717, 1.165) is 18.4 Å². The van der Waals surface area contributed by atoms with Crippen LogP contribution in [0, 0.1) is 11.3 Å². The first-order chi connectivity index (χ1) is 11.6. The number of carbonyl (C=O) groups excluding carboxylic acids is 1. The van der Waals surface area contributed by atoms with Crippen LogP contribution in [0.4, 0.5) is 0 Å². The predicted molar refractivity (Wildman–Crippen MR) is 89.4 cm³/mol. The number of ether oxygens (including phenoxy) is 2. The summed E-state index contributed by atoms with van der Waals surface area (Å²) < 4.78 is 10.5. The summed E-state index contributed by atoms with van der Waals surface area (Å²) in [4.78, 5) is 24.3. The van der Waals surface area contributed by atoms with Gasteiger partial charge >= 0.3 is 11.9 Å². The molecule has 1 aromatic carbocycles. The Bertz CT molecular complexity index is 534. The smallest absolute Gasteiger partial charge is 0.309 e. The van der Waals surface area contributed by atoms with Gasteiger partial charge in [-0.2, -0.15) is 0 Å². The van der Waals surface area contributed by atoms with E-state index >= 15 is 0 Å². The van der Waals surface area contributed by atoms with Crippen LogP contribution >= 0.6 is 0 Å². The molecule has 0 amide bonds. The molecule has 0 spiro atoms. The summed E-state index contributed by atoms with van der Waals surface area (Å²) in [5, 5.41) is 9.64. The van der Waals surface area contributed by atoms with E-state index in [1.54, 1.807) is 7.11 Å². The number of hydrogen-bond acceptors (Lipinski definition) is 4. The van der Waals surface area contributed by atoms with Crippen molar-refractivity contribution >= 4 is 11.9 Å². The molecule has 0 aliphatic heterocycles. The van der Waals surface area contributed by atoms with Gasteiger partial charge in [0.2, 0.25) is 0 Å². The van der Waals surface area contributed by atoms with E-state index in [2.05, 4.69) is 0 Å². The van der Waals surface area contributed by atoms with Crippen molar-refractivity contribution in [1.82, 2.24) is 0 Å². The molecule has 5 heteroatoms. The fourth-order valence-corrected chi connectivity index (χ4v) is 3.44. The second kappa shape index (κ2) is 8.83. The fourth-order valence-electron chi connectivity index (χ4n) is 3.44. The van der Waals surface area contributed by atoms with Crippen LogP contribution in [0.1, 0.15) is 44.1 Å². The van der Waals surface area contributed by atoms with Gasteiger partial charge in [-0.3, -0.25) is 9.59 Å². The molecule has 1 atom stereocenters. The second-order valence-electron chi connectivity index (χ2n) is 6.57. The highest BCUT2D eigenvalue weighted by Crippen LogP contribution is 2.44. The van der Waals surface area contributed by atoms with Crippen LogP contribution < -0.4 is 0 Å². The molecule has 0 aromatic heterocycles. The van der Waals surface area contributed by atoms with Crippen LogP contribution in [0.15, 0.2) is 30.3 Å². The Hall–Kier alpha value is -1.88.